The van der Waals surface area contributed by atoms with Crippen LogP contribution >= 0.6 is 23.2 Å². The lowest BCUT2D eigenvalue weighted by Gasteiger charge is -2.12. The van der Waals surface area contributed by atoms with Crippen molar-refractivity contribution in [2.75, 3.05) is 17.2 Å². The lowest BCUT2D eigenvalue weighted by Crippen LogP contribution is -2.04. The van der Waals surface area contributed by atoms with Crippen LogP contribution in [0.1, 0.15) is 18.9 Å². The molecule has 0 saturated heterocycles. The Hall–Kier alpha value is -1.45. The van der Waals surface area contributed by atoms with E-state index in [2.05, 4.69) is 22.5 Å². The van der Waals surface area contributed by atoms with Crippen LogP contribution in [0.2, 0.25) is 10.0 Å². The molecule has 5 heteroatoms. The normalized spacial score (nSPS) is 10.4. The largest absolute Gasteiger partial charge is 0.369 e. The van der Waals surface area contributed by atoms with Gasteiger partial charge in [-0.15, -0.1) is 0 Å². The van der Waals surface area contributed by atoms with Crippen molar-refractivity contribution in [1.82, 2.24) is 4.98 Å². The van der Waals surface area contributed by atoms with Gasteiger partial charge in [0.25, 0.3) is 0 Å². The van der Waals surface area contributed by atoms with Crippen LogP contribution in [0, 0.1) is 6.92 Å². The zero-order valence-electron chi connectivity index (χ0n) is 11.5. The van der Waals surface area contributed by atoms with E-state index in [9.17, 15) is 0 Å². The van der Waals surface area contributed by atoms with Crippen LogP contribution < -0.4 is 10.6 Å². The van der Waals surface area contributed by atoms with Gasteiger partial charge in [-0.1, -0.05) is 47.8 Å². The monoisotopic (exact) mass is 309 g/mol. The molecule has 0 amide bonds. The lowest BCUT2D eigenvalue weighted by atomic mass is 10.2. The number of hydrogen-bond acceptors (Lipinski definition) is 3. The smallest absolute Gasteiger partial charge is 0.151 e. The number of halogens is 2. The molecule has 20 heavy (non-hydrogen) atoms. The summed E-state index contributed by atoms with van der Waals surface area (Å²) in [6, 6.07) is 9.73. The van der Waals surface area contributed by atoms with Gasteiger partial charge >= 0.3 is 0 Å². The van der Waals surface area contributed by atoms with E-state index in [0.717, 1.165) is 18.7 Å². The maximum Gasteiger partial charge on any atom is 0.151 e. The molecule has 0 aliphatic heterocycles. The molecule has 0 aliphatic carbocycles. The van der Waals surface area contributed by atoms with E-state index in [0.29, 0.717) is 21.7 Å². The van der Waals surface area contributed by atoms with Gasteiger partial charge in [0.2, 0.25) is 0 Å². The Morgan fingerprint density at radius 1 is 1.05 bits per heavy atom. The summed E-state index contributed by atoms with van der Waals surface area (Å²) in [6.07, 6.45) is 1.00. The minimum Gasteiger partial charge on any atom is -0.369 e. The molecule has 0 fully saturated rings. The van der Waals surface area contributed by atoms with Crippen molar-refractivity contribution in [3.8, 4) is 0 Å². The number of rotatable bonds is 5. The van der Waals surface area contributed by atoms with Crippen molar-refractivity contribution in [2.24, 2.45) is 0 Å². The Balaban J connectivity index is 2.24. The quantitative estimate of drug-likeness (QED) is 0.790. The number of nitrogens with zero attached hydrogens (tertiary/aromatic N) is 1. The van der Waals surface area contributed by atoms with E-state index in [1.165, 1.54) is 5.56 Å². The zero-order valence-corrected chi connectivity index (χ0v) is 13.0. The molecule has 0 unspecified atom stereocenters. The predicted molar refractivity (Wildman–Crippen MR) is 87.5 cm³/mol. The molecule has 1 heterocycles. The van der Waals surface area contributed by atoms with Crippen LogP contribution in [0.3, 0.4) is 0 Å². The van der Waals surface area contributed by atoms with Gasteiger partial charge in [0, 0.05) is 12.2 Å². The third-order valence-corrected chi connectivity index (χ3v) is 3.36. The van der Waals surface area contributed by atoms with Crippen LogP contribution in [0.25, 0.3) is 0 Å². The highest BCUT2D eigenvalue weighted by Crippen LogP contribution is 2.31. The maximum atomic E-state index is 6.18. The van der Waals surface area contributed by atoms with Crippen molar-refractivity contribution >= 4 is 40.5 Å². The van der Waals surface area contributed by atoms with Gasteiger partial charge in [-0.2, -0.15) is 0 Å². The topological polar surface area (TPSA) is 37.0 Å². The summed E-state index contributed by atoms with van der Waals surface area (Å²) in [7, 11) is 0. The van der Waals surface area contributed by atoms with Gasteiger partial charge in [-0.05, 0) is 31.5 Å². The van der Waals surface area contributed by atoms with Gasteiger partial charge in [-0.3, -0.25) is 0 Å². The van der Waals surface area contributed by atoms with Crippen molar-refractivity contribution in [3.05, 3.63) is 45.9 Å². The highest BCUT2D eigenvalue weighted by molar-refractivity contribution is 6.37. The number of hydrogen-bond donors (Lipinski definition) is 2. The number of aromatic nitrogens is 1. The molecule has 0 saturated carbocycles. The summed E-state index contributed by atoms with van der Waals surface area (Å²) in [5, 5.41) is 7.41. The molecule has 0 aliphatic rings. The minimum absolute atomic E-state index is 0.498. The molecule has 0 atom stereocenters. The molecule has 2 N–H and O–H groups in total. The molecule has 3 nitrogen and oxygen atoms in total. The van der Waals surface area contributed by atoms with Gasteiger partial charge in [0.1, 0.15) is 5.82 Å². The second-order valence-corrected chi connectivity index (χ2v) is 5.38. The molecular weight excluding hydrogens is 293 g/mol. The fourth-order valence-corrected chi connectivity index (χ4v) is 2.17. The first-order valence-electron chi connectivity index (χ1n) is 6.53. The minimum atomic E-state index is 0.498. The maximum absolute atomic E-state index is 6.18. The number of pyridine rings is 1. The van der Waals surface area contributed by atoms with Crippen LogP contribution in [0.5, 0.6) is 0 Å². The molecule has 0 radical (unpaired) electrons. The Bertz CT molecular complexity index is 582. The fraction of sp³-hybridized carbons (Fsp3) is 0.267. The van der Waals surface area contributed by atoms with Crippen molar-refractivity contribution in [3.63, 3.8) is 0 Å². The van der Waals surface area contributed by atoms with E-state index < -0.39 is 0 Å². The summed E-state index contributed by atoms with van der Waals surface area (Å²) >= 11 is 12.3. The van der Waals surface area contributed by atoms with Crippen LogP contribution in [0.4, 0.5) is 17.3 Å². The van der Waals surface area contributed by atoms with Gasteiger partial charge in [-0.25, -0.2) is 4.98 Å². The molecule has 2 rings (SSSR count). The number of aryl methyl sites for hydroxylation is 1. The van der Waals surface area contributed by atoms with E-state index in [-0.39, 0.29) is 0 Å². The van der Waals surface area contributed by atoms with Crippen molar-refractivity contribution in [1.29, 1.82) is 0 Å². The molecule has 106 valence electrons. The summed E-state index contributed by atoms with van der Waals surface area (Å²) in [5.41, 5.74) is 2.14. The van der Waals surface area contributed by atoms with Crippen molar-refractivity contribution < 1.29 is 0 Å². The Morgan fingerprint density at radius 2 is 1.70 bits per heavy atom. The average Bonchev–Trinajstić information content (AvgIpc) is 2.43. The van der Waals surface area contributed by atoms with Gasteiger partial charge in [0.05, 0.1) is 10.0 Å². The Morgan fingerprint density at radius 3 is 2.35 bits per heavy atom. The second-order valence-electron chi connectivity index (χ2n) is 4.57. The first kappa shape index (κ1) is 14.9. The number of anilines is 3. The van der Waals surface area contributed by atoms with Gasteiger partial charge < -0.3 is 10.6 Å². The number of benzene rings is 1. The van der Waals surface area contributed by atoms with E-state index in [1.54, 1.807) is 6.07 Å². The van der Waals surface area contributed by atoms with Crippen LogP contribution in [-0.4, -0.2) is 11.5 Å². The third kappa shape index (κ3) is 3.78. The van der Waals surface area contributed by atoms with E-state index >= 15 is 0 Å². The highest BCUT2D eigenvalue weighted by atomic mass is 35.5. The molecule has 1 aromatic carbocycles. The van der Waals surface area contributed by atoms with Crippen LogP contribution in [-0.2, 0) is 0 Å². The highest BCUT2D eigenvalue weighted by Gasteiger charge is 2.09. The summed E-state index contributed by atoms with van der Waals surface area (Å²) < 4.78 is 0. The summed E-state index contributed by atoms with van der Waals surface area (Å²) in [6.45, 7) is 4.95. The lowest BCUT2D eigenvalue weighted by molar-refractivity contribution is 0.970. The van der Waals surface area contributed by atoms with Gasteiger partial charge in [0.15, 0.2) is 5.82 Å². The standard InChI is InChI=1S/C15H17Cl2N3/c1-3-8-18-14-12(16)9-13(17)15(20-14)19-11-6-4-10(2)5-7-11/h4-7,9H,3,8H2,1-2H3,(H2,18,19,20). The predicted octanol–water partition coefficient (Wildman–Crippen LogP) is 5.26. The molecule has 0 spiro atoms. The Labute approximate surface area is 129 Å². The zero-order chi connectivity index (χ0) is 14.5. The average molecular weight is 310 g/mol. The first-order chi connectivity index (χ1) is 9.60. The van der Waals surface area contributed by atoms with Crippen molar-refractivity contribution in [2.45, 2.75) is 20.3 Å². The third-order valence-electron chi connectivity index (χ3n) is 2.79. The first-order valence-corrected chi connectivity index (χ1v) is 7.29. The fourth-order valence-electron chi connectivity index (χ4n) is 1.70. The summed E-state index contributed by atoms with van der Waals surface area (Å²) in [4.78, 5) is 4.44. The molecular formula is C15H17Cl2N3. The second kappa shape index (κ2) is 6.82. The SMILES string of the molecule is CCCNc1nc(Nc2ccc(C)cc2)c(Cl)cc1Cl. The molecule has 0 bridgehead atoms. The van der Waals surface area contributed by atoms with Crippen LogP contribution in [0.15, 0.2) is 30.3 Å². The Kier molecular flexibility index (Phi) is 5.10. The molecule has 1 aromatic heterocycles. The molecule has 2 aromatic rings. The van der Waals surface area contributed by atoms with E-state index in [1.807, 2.05) is 31.2 Å². The summed E-state index contributed by atoms with van der Waals surface area (Å²) in [5.74, 6) is 1.24. The van der Waals surface area contributed by atoms with E-state index in [4.69, 9.17) is 23.2 Å². The number of nitrogens with one attached hydrogen (secondary N) is 2.